The van der Waals surface area contributed by atoms with Crippen LogP contribution in [0.2, 0.25) is 0 Å². The zero-order chi connectivity index (χ0) is 20.5. The smallest absolute Gasteiger partial charge is 0.259 e. The summed E-state index contributed by atoms with van der Waals surface area (Å²) in [5.41, 5.74) is 7.19. The maximum atomic E-state index is 12.8. The van der Waals surface area contributed by atoms with Crippen LogP contribution >= 0.6 is 0 Å². The summed E-state index contributed by atoms with van der Waals surface area (Å²) in [6.07, 6.45) is 7.87. The summed E-state index contributed by atoms with van der Waals surface area (Å²) >= 11 is 0. The van der Waals surface area contributed by atoms with E-state index in [9.17, 15) is 9.59 Å². The molecule has 1 aliphatic heterocycles. The quantitative estimate of drug-likeness (QED) is 0.725. The lowest BCUT2D eigenvalue weighted by Crippen LogP contribution is -2.28. The first-order valence-electron chi connectivity index (χ1n) is 10.4. The number of aryl methyl sites for hydroxylation is 2. The Hall–Kier alpha value is -3.47. The number of fused-ring (bicyclic) bond motifs is 2. The minimum Gasteiger partial charge on any atom is -0.326 e. The Morgan fingerprint density at radius 2 is 1.87 bits per heavy atom. The third kappa shape index (κ3) is 3.59. The number of pyridine rings is 1. The van der Waals surface area contributed by atoms with E-state index in [2.05, 4.69) is 28.5 Å². The second-order valence-electron chi connectivity index (χ2n) is 7.97. The molecular weight excluding hydrogens is 374 g/mol. The van der Waals surface area contributed by atoms with Crippen LogP contribution in [0.5, 0.6) is 0 Å². The van der Waals surface area contributed by atoms with Crippen LogP contribution < -0.4 is 10.2 Å². The molecule has 1 aliphatic carbocycles. The second-order valence-corrected chi connectivity index (χ2v) is 7.97. The standard InChI is InChI=1S/C25H23N3O2/c29-24(14-17-6-7-18-3-1-4-19(18)13-17)27-22-8-9-23-20(15-22)10-12-28(23)25(30)21-5-2-11-26-16-21/h2,5-9,11,13,15-16H,1,3-4,10,12,14H2,(H,27,29). The van der Waals surface area contributed by atoms with Crippen molar-refractivity contribution in [2.75, 3.05) is 16.8 Å². The van der Waals surface area contributed by atoms with Crippen molar-refractivity contribution < 1.29 is 9.59 Å². The topological polar surface area (TPSA) is 62.3 Å². The van der Waals surface area contributed by atoms with E-state index in [1.165, 1.54) is 17.5 Å². The van der Waals surface area contributed by atoms with Crippen LogP contribution in [0.1, 0.15) is 39.0 Å². The molecule has 2 aromatic carbocycles. The van der Waals surface area contributed by atoms with Gasteiger partial charge in [0.15, 0.2) is 0 Å². The van der Waals surface area contributed by atoms with Gasteiger partial charge >= 0.3 is 0 Å². The molecular formula is C25H23N3O2. The summed E-state index contributed by atoms with van der Waals surface area (Å²) in [4.78, 5) is 31.1. The number of benzene rings is 2. The number of rotatable bonds is 4. The van der Waals surface area contributed by atoms with Crippen molar-refractivity contribution in [3.8, 4) is 0 Å². The number of hydrogen-bond acceptors (Lipinski definition) is 3. The predicted octanol–water partition coefficient (Wildman–Crippen LogP) is 3.95. The SMILES string of the molecule is O=C(Cc1ccc2c(c1)CCC2)Nc1ccc2c(c1)CCN2C(=O)c1cccnc1. The van der Waals surface area contributed by atoms with Crippen LogP contribution in [-0.2, 0) is 30.5 Å². The van der Waals surface area contributed by atoms with E-state index in [1.54, 1.807) is 29.4 Å². The molecule has 3 aromatic rings. The number of nitrogens with zero attached hydrogens (tertiary/aromatic N) is 2. The molecule has 0 saturated heterocycles. The molecule has 2 aliphatic rings. The highest BCUT2D eigenvalue weighted by molar-refractivity contribution is 6.07. The third-order valence-electron chi connectivity index (χ3n) is 5.94. The fourth-order valence-corrected chi connectivity index (χ4v) is 4.46. The molecule has 30 heavy (non-hydrogen) atoms. The van der Waals surface area contributed by atoms with Gasteiger partial charge in [0.1, 0.15) is 0 Å². The van der Waals surface area contributed by atoms with Gasteiger partial charge in [-0.25, -0.2) is 0 Å². The third-order valence-corrected chi connectivity index (χ3v) is 5.94. The molecule has 0 radical (unpaired) electrons. The second kappa shape index (κ2) is 7.75. The number of hydrogen-bond donors (Lipinski definition) is 1. The Kier molecular flexibility index (Phi) is 4.79. The van der Waals surface area contributed by atoms with Gasteiger partial charge in [-0.3, -0.25) is 14.6 Å². The number of aromatic nitrogens is 1. The molecule has 5 heteroatoms. The summed E-state index contributed by atoms with van der Waals surface area (Å²) in [7, 11) is 0. The van der Waals surface area contributed by atoms with Crippen LogP contribution in [-0.4, -0.2) is 23.3 Å². The highest BCUT2D eigenvalue weighted by Gasteiger charge is 2.26. The minimum absolute atomic E-state index is 0.0193. The Morgan fingerprint density at radius 3 is 2.73 bits per heavy atom. The monoisotopic (exact) mass is 397 g/mol. The first-order valence-corrected chi connectivity index (χ1v) is 10.4. The Balaban J connectivity index is 1.27. The van der Waals surface area contributed by atoms with Crippen molar-refractivity contribution in [1.29, 1.82) is 0 Å². The van der Waals surface area contributed by atoms with E-state index in [1.807, 2.05) is 18.2 Å². The molecule has 0 atom stereocenters. The zero-order valence-electron chi connectivity index (χ0n) is 16.7. The largest absolute Gasteiger partial charge is 0.326 e. The van der Waals surface area contributed by atoms with Crippen molar-refractivity contribution >= 4 is 23.2 Å². The molecule has 150 valence electrons. The molecule has 0 bridgehead atoms. The lowest BCUT2D eigenvalue weighted by atomic mass is 10.0. The summed E-state index contributed by atoms with van der Waals surface area (Å²) < 4.78 is 0. The molecule has 5 rings (SSSR count). The lowest BCUT2D eigenvalue weighted by Gasteiger charge is -2.17. The van der Waals surface area contributed by atoms with Crippen LogP contribution in [0.25, 0.3) is 0 Å². The predicted molar refractivity (Wildman–Crippen MR) is 117 cm³/mol. The van der Waals surface area contributed by atoms with Crippen LogP contribution in [0, 0.1) is 0 Å². The molecule has 5 nitrogen and oxygen atoms in total. The van der Waals surface area contributed by atoms with Crippen molar-refractivity contribution in [3.05, 3.63) is 88.7 Å². The fourth-order valence-electron chi connectivity index (χ4n) is 4.46. The maximum absolute atomic E-state index is 12.8. The molecule has 2 amide bonds. The highest BCUT2D eigenvalue weighted by Crippen LogP contribution is 2.31. The molecule has 1 aromatic heterocycles. The van der Waals surface area contributed by atoms with Gasteiger partial charge in [0.2, 0.25) is 5.91 Å². The number of nitrogens with one attached hydrogen (secondary N) is 1. The van der Waals surface area contributed by atoms with Gasteiger partial charge in [-0.05, 0) is 78.3 Å². The number of amides is 2. The number of carbonyl (C=O) groups excluding carboxylic acids is 2. The average Bonchev–Trinajstić information content (AvgIpc) is 3.40. The van der Waals surface area contributed by atoms with Gasteiger partial charge in [0.25, 0.3) is 5.91 Å². The fraction of sp³-hybridized carbons (Fsp3) is 0.240. The van der Waals surface area contributed by atoms with Gasteiger partial charge < -0.3 is 10.2 Å². The van der Waals surface area contributed by atoms with Crippen LogP contribution in [0.4, 0.5) is 11.4 Å². The van der Waals surface area contributed by atoms with E-state index < -0.39 is 0 Å². The van der Waals surface area contributed by atoms with Gasteiger partial charge in [-0.15, -0.1) is 0 Å². The van der Waals surface area contributed by atoms with Crippen LogP contribution in [0.15, 0.2) is 60.9 Å². The highest BCUT2D eigenvalue weighted by atomic mass is 16.2. The Bertz CT molecular complexity index is 1120. The summed E-state index contributed by atoms with van der Waals surface area (Å²) in [5, 5.41) is 3.01. The van der Waals surface area contributed by atoms with E-state index in [0.717, 1.165) is 41.8 Å². The van der Waals surface area contributed by atoms with Gasteiger partial charge in [0, 0.05) is 30.3 Å². The van der Waals surface area contributed by atoms with Crippen molar-refractivity contribution in [2.45, 2.75) is 32.1 Å². The normalized spacial score (nSPS) is 14.3. The van der Waals surface area contributed by atoms with Crippen molar-refractivity contribution in [3.63, 3.8) is 0 Å². The summed E-state index contributed by atoms with van der Waals surface area (Å²) in [6, 6.07) is 15.7. The summed E-state index contributed by atoms with van der Waals surface area (Å²) in [5.74, 6) is -0.0653. The molecule has 0 spiro atoms. The molecule has 0 fully saturated rings. The van der Waals surface area contributed by atoms with E-state index in [4.69, 9.17) is 0 Å². The number of anilines is 2. The van der Waals surface area contributed by atoms with Gasteiger partial charge in [-0.1, -0.05) is 18.2 Å². The first-order chi connectivity index (χ1) is 14.7. The van der Waals surface area contributed by atoms with E-state index in [-0.39, 0.29) is 11.8 Å². The van der Waals surface area contributed by atoms with Crippen LogP contribution in [0.3, 0.4) is 0 Å². The molecule has 2 heterocycles. The van der Waals surface area contributed by atoms with Crippen molar-refractivity contribution in [1.82, 2.24) is 4.98 Å². The average molecular weight is 397 g/mol. The zero-order valence-corrected chi connectivity index (χ0v) is 16.7. The maximum Gasteiger partial charge on any atom is 0.259 e. The van der Waals surface area contributed by atoms with Crippen molar-refractivity contribution in [2.24, 2.45) is 0 Å². The molecule has 1 N–H and O–H groups in total. The van der Waals surface area contributed by atoms with Gasteiger partial charge in [-0.2, -0.15) is 0 Å². The Labute approximate surface area is 175 Å². The Morgan fingerprint density at radius 1 is 0.967 bits per heavy atom. The van der Waals surface area contributed by atoms with E-state index in [0.29, 0.717) is 18.5 Å². The summed E-state index contributed by atoms with van der Waals surface area (Å²) in [6.45, 7) is 0.635. The van der Waals surface area contributed by atoms with E-state index >= 15 is 0 Å². The lowest BCUT2D eigenvalue weighted by molar-refractivity contribution is -0.115. The first kappa shape index (κ1) is 18.6. The molecule has 0 unspecified atom stereocenters. The van der Waals surface area contributed by atoms with Gasteiger partial charge in [0.05, 0.1) is 12.0 Å². The molecule has 0 saturated carbocycles. The number of carbonyl (C=O) groups is 2. The minimum atomic E-state index is -0.0461.